The van der Waals surface area contributed by atoms with Crippen molar-refractivity contribution in [2.75, 3.05) is 26.4 Å². The Morgan fingerprint density at radius 2 is 1.81 bits per heavy atom. The van der Waals surface area contributed by atoms with Gasteiger partial charge in [-0.25, -0.2) is 18.0 Å². The molecule has 3 aliphatic heterocycles. The lowest BCUT2D eigenvalue weighted by atomic mass is 9.93. The van der Waals surface area contributed by atoms with Crippen LogP contribution in [0.15, 0.2) is 0 Å². The second-order valence-corrected chi connectivity index (χ2v) is 5.92. The molecule has 0 N–H and O–H groups in total. The lowest BCUT2D eigenvalue weighted by Crippen LogP contribution is -2.54. The minimum atomic E-state index is -4.20. The molecule has 4 atom stereocenters. The number of esters is 1. The fraction of sp³-hybridized carbons (Fsp3) is 0.800. The van der Waals surface area contributed by atoms with Gasteiger partial charge in [0.2, 0.25) is 0 Å². The summed E-state index contributed by atoms with van der Waals surface area (Å²) in [4.78, 5) is 22.3. The van der Waals surface area contributed by atoms with E-state index in [-0.39, 0.29) is 26.4 Å². The zero-order valence-corrected chi connectivity index (χ0v) is 11.4. The number of hydrogen-bond donors (Lipinski definition) is 0. The van der Waals surface area contributed by atoms with Crippen LogP contribution in [0.1, 0.15) is 0 Å². The summed E-state index contributed by atoms with van der Waals surface area (Å²) in [5, 5.41) is 0. The lowest BCUT2D eigenvalue weighted by molar-refractivity contribution is -0.187. The summed E-state index contributed by atoms with van der Waals surface area (Å²) < 4.78 is 52.0. The first-order chi connectivity index (χ1) is 9.94. The predicted molar refractivity (Wildman–Crippen MR) is 60.2 cm³/mol. The highest BCUT2D eigenvalue weighted by molar-refractivity contribution is 7.81. The summed E-state index contributed by atoms with van der Waals surface area (Å²) in [6.07, 6.45) is -3.62. The number of carbonyl (C=O) groups is 2. The molecule has 0 bridgehead atoms. The first kappa shape index (κ1) is 14.5. The van der Waals surface area contributed by atoms with Crippen LogP contribution < -0.4 is 0 Å². The van der Waals surface area contributed by atoms with Gasteiger partial charge in [0.15, 0.2) is 6.10 Å². The molecule has 10 nitrogen and oxygen atoms in total. The van der Waals surface area contributed by atoms with Gasteiger partial charge >= 0.3 is 22.5 Å². The molecule has 118 valence electrons. The molecule has 0 radical (unpaired) electrons. The highest BCUT2D eigenvalue weighted by atomic mass is 32.3. The first-order valence-electron chi connectivity index (χ1n) is 6.13. The predicted octanol–water partition coefficient (Wildman–Crippen LogP) is -1.26. The molecule has 3 fully saturated rings. The lowest BCUT2D eigenvalue weighted by Gasteiger charge is -2.37. The third-order valence-corrected chi connectivity index (χ3v) is 4.18. The quantitative estimate of drug-likeness (QED) is 0.568. The Kier molecular flexibility index (Phi) is 3.73. The van der Waals surface area contributed by atoms with Gasteiger partial charge in [-0.3, -0.25) is 0 Å². The van der Waals surface area contributed by atoms with E-state index < -0.39 is 46.8 Å². The average molecular weight is 324 g/mol. The number of hydrogen-bond acceptors (Lipinski definition) is 10. The van der Waals surface area contributed by atoms with Crippen LogP contribution >= 0.6 is 0 Å². The standard InChI is InChI=1S/C10H12O10S/c11-8-4-15-2-7(18-8)9-5(1-17-21(13,14)20-9)6-3-16-10(12)19-6/h5-7,9H,1-4H2. The SMILES string of the molecule is O=C1COCC(C2OS(=O)(=O)OCC2C2COC(=O)O2)O1. The van der Waals surface area contributed by atoms with E-state index in [2.05, 4.69) is 8.92 Å². The molecule has 0 aromatic carbocycles. The Hall–Kier alpha value is -1.43. The zero-order valence-electron chi connectivity index (χ0n) is 10.6. The molecule has 0 aromatic rings. The summed E-state index contributed by atoms with van der Waals surface area (Å²) in [6.45, 7) is -0.570. The molecule has 3 saturated heterocycles. The molecule has 11 heteroatoms. The summed E-state index contributed by atoms with van der Waals surface area (Å²) in [5.74, 6) is -1.29. The van der Waals surface area contributed by atoms with E-state index in [9.17, 15) is 18.0 Å². The topological polar surface area (TPSA) is 124 Å². The van der Waals surface area contributed by atoms with Crippen molar-refractivity contribution in [3.63, 3.8) is 0 Å². The van der Waals surface area contributed by atoms with Crippen LogP contribution in [0.2, 0.25) is 0 Å². The molecule has 4 unspecified atom stereocenters. The van der Waals surface area contributed by atoms with Gasteiger partial charge in [0, 0.05) is 0 Å². The Balaban J connectivity index is 1.79. The second kappa shape index (κ2) is 5.40. The van der Waals surface area contributed by atoms with Crippen LogP contribution in [0.5, 0.6) is 0 Å². The maximum absolute atomic E-state index is 11.4. The molecular formula is C10H12O10S. The molecule has 0 amide bonds. The van der Waals surface area contributed by atoms with Crippen molar-refractivity contribution in [2.45, 2.75) is 18.3 Å². The van der Waals surface area contributed by atoms with Gasteiger partial charge in [-0.15, -0.1) is 0 Å². The third-order valence-electron chi connectivity index (χ3n) is 3.30. The molecule has 0 aromatic heterocycles. The molecular weight excluding hydrogens is 312 g/mol. The van der Waals surface area contributed by atoms with Gasteiger partial charge in [-0.2, -0.15) is 8.42 Å². The Morgan fingerprint density at radius 1 is 1.00 bits per heavy atom. The van der Waals surface area contributed by atoms with Crippen LogP contribution in [0.3, 0.4) is 0 Å². The Bertz CT molecular complexity index is 542. The van der Waals surface area contributed by atoms with Gasteiger partial charge in [0.25, 0.3) is 0 Å². The highest BCUT2D eigenvalue weighted by Crippen LogP contribution is 2.31. The molecule has 0 saturated carbocycles. The van der Waals surface area contributed by atoms with Crippen molar-refractivity contribution in [3.05, 3.63) is 0 Å². The van der Waals surface area contributed by atoms with E-state index in [0.717, 1.165) is 0 Å². The van der Waals surface area contributed by atoms with Crippen molar-refractivity contribution in [1.82, 2.24) is 0 Å². The fourth-order valence-corrected chi connectivity index (χ4v) is 3.28. The van der Waals surface area contributed by atoms with Gasteiger partial charge < -0.3 is 18.9 Å². The van der Waals surface area contributed by atoms with Gasteiger partial charge in [0.05, 0.1) is 19.1 Å². The van der Waals surface area contributed by atoms with E-state index in [1.54, 1.807) is 0 Å². The van der Waals surface area contributed by atoms with E-state index in [4.69, 9.17) is 18.4 Å². The van der Waals surface area contributed by atoms with Gasteiger partial charge in [-0.1, -0.05) is 0 Å². The number of ether oxygens (including phenoxy) is 4. The maximum atomic E-state index is 11.4. The Morgan fingerprint density at radius 3 is 2.48 bits per heavy atom. The van der Waals surface area contributed by atoms with Crippen molar-refractivity contribution >= 4 is 22.5 Å². The average Bonchev–Trinajstić information content (AvgIpc) is 2.84. The van der Waals surface area contributed by atoms with E-state index in [0.29, 0.717) is 0 Å². The molecule has 0 spiro atoms. The first-order valence-corrected chi connectivity index (χ1v) is 7.46. The van der Waals surface area contributed by atoms with Crippen LogP contribution in [0, 0.1) is 5.92 Å². The van der Waals surface area contributed by atoms with Crippen LogP contribution in [-0.2, 0) is 42.5 Å². The number of rotatable bonds is 2. The van der Waals surface area contributed by atoms with Gasteiger partial charge in [-0.05, 0) is 0 Å². The van der Waals surface area contributed by atoms with E-state index in [1.165, 1.54) is 0 Å². The maximum Gasteiger partial charge on any atom is 0.508 e. The van der Waals surface area contributed by atoms with Crippen molar-refractivity contribution in [3.8, 4) is 0 Å². The summed E-state index contributed by atoms with van der Waals surface area (Å²) in [7, 11) is -4.20. The van der Waals surface area contributed by atoms with Crippen LogP contribution in [0.25, 0.3) is 0 Å². The number of cyclic esters (lactones) is 3. The summed E-state index contributed by atoms with van der Waals surface area (Å²) in [5.41, 5.74) is 0. The molecule has 0 aliphatic carbocycles. The molecule has 3 rings (SSSR count). The minimum Gasteiger partial charge on any atom is -0.455 e. The monoisotopic (exact) mass is 324 g/mol. The number of carbonyl (C=O) groups excluding carboxylic acids is 2. The second-order valence-electron chi connectivity index (χ2n) is 4.68. The highest BCUT2D eigenvalue weighted by Gasteiger charge is 2.49. The van der Waals surface area contributed by atoms with E-state index in [1.807, 2.05) is 0 Å². The summed E-state index contributed by atoms with van der Waals surface area (Å²) >= 11 is 0. The van der Waals surface area contributed by atoms with Gasteiger partial charge in [0.1, 0.15) is 25.4 Å². The molecule has 3 aliphatic rings. The van der Waals surface area contributed by atoms with E-state index >= 15 is 0 Å². The normalized spacial score (nSPS) is 39.2. The van der Waals surface area contributed by atoms with Crippen molar-refractivity contribution in [1.29, 1.82) is 0 Å². The molecule has 3 heterocycles. The summed E-state index contributed by atoms with van der Waals surface area (Å²) in [6, 6.07) is 0. The van der Waals surface area contributed by atoms with Crippen LogP contribution in [-0.4, -0.2) is 65.3 Å². The zero-order chi connectivity index (χ0) is 15.0. The fourth-order valence-electron chi connectivity index (χ4n) is 2.36. The smallest absolute Gasteiger partial charge is 0.455 e. The molecule has 21 heavy (non-hydrogen) atoms. The van der Waals surface area contributed by atoms with Crippen LogP contribution in [0.4, 0.5) is 4.79 Å². The van der Waals surface area contributed by atoms with Crippen molar-refractivity contribution < 1.29 is 45.3 Å². The minimum absolute atomic E-state index is 0.0239. The largest absolute Gasteiger partial charge is 0.508 e. The Labute approximate surface area is 119 Å². The van der Waals surface area contributed by atoms with Crippen molar-refractivity contribution in [2.24, 2.45) is 5.92 Å². The third kappa shape index (κ3) is 3.10.